The van der Waals surface area contributed by atoms with Gasteiger partial charge in [-0.15, -0.1) is 0 Å². The summed E-state index contributed by atoms with van der Waals surface area (Å²) in [5, 5.41) is 20.1. The molecule has 0 saturated heterocycles. The standard InChI is InChI=1S/C16H12N2O4S/c17-10-11-2-5-16(13(8-11)18(19)20)23-12-3-4-14-15(9-12)22-7-1-6-21-14/h2-5,8-9H,1,6-7H2. The first-order chi connectivity index (χ1) is 11.2. The molecule has 0 fully saturated rings. The van der Waals surface area contributed by atoms with Gasteiger partial charge in [-0.2, -0.15) is 5.26 Å². The molecule has 3 rings (SSSR count). The number of fused-ring (bicyclic) bond motifs is 1. The first kappa shape index (κ1) is 15.2. The molecule has 0 N–H and O–H groups in total. The van der Waals surface area contributed by atoms with Gasteiger partial charge >= 0.3 is 0 Å². The Morgan fingerprint density at radius 1 is 1.13 bits per heavy atom. The molecule has 0 saturated carbocycles. The van der Waals surface area contributed by atoms with E-state index in [1.54, 1.807) is 18.2 Å². The van der Waals surface area contributed by atoms with Crippen molar-refractivity contribution in [3.63, 3.8) is 0 Å². The Morgan fingerprint density at radius 3 is 2.65 bits per heavy atom. The predicted octanol–water partition coefficient (Wildman–Crippen LogP) is 3.78. The van der Waals surface area contributed by atoms with Crippen molar-refractivity contribution in [2.45, 2.75) is 16.2 Å². The number of nitrogens with zero attached hydrogens (tertiary/aromatic N) is 2. The molecule has 2 aromatic rings. The zero-order valence-electron chi connectivity index (χ0n) is 12.0. The van der Waals surface area contributed by atoms with Crippen LogP contribution >= 0.6 is 11.8 Å². The Hall–Kier alpha value is -2.72. The summed E-state index contributed by atoms with van der Waals surface area (Å²) >= 11 is 1.25. The first-order valence-electron chi connectivity index (χ1n) is 6.93. The fourth-order valence-corrected chi connectivity index (χ4v) is 3.08. The van der Waals surface area contributed by atoms with E-state index in [4.69, 9.17) is 14.7 Å². The molecule has 0 bridgehead atoms. The SMILES string of the molecule is N#Cc1ccc(Sc2ccc3c(c2)OCCCO3)c([N+](=O)[O-])c1. The third-order valence-electron chi connectivity index (χ3n) is 3.23. The van der Waals surface area contributed by atoms with Gasteiger partial charge in [-0.1, -0.05) is 11.8 Å². The highest BCUT2D eigenvalue weighted by molar-refractivity contribution is 7.99. The quantitative estimate of drug-likeness (QED) is 0.629. The van der Waals surface area contributed by atoms with Crippen LogP contribution in [0.4, 0.5) is 5.69 Å². The number of nitriles is 1. The van der Waals surface area contributed by atoms with E-state index >= 15 is 0 Å². The smallest absolute Gasteiger partial charge is 0.284 e. The van der Waals surface area contributed by atoms with Crippen LogP contribution in [0.2, 0.25) is 0 Å². The van der Waals surface area contributed by atoms with Gasteiger partial charge in [0, 0.05) is 17.4 Å². The highest BCUT2D eigenvalue weighted by Crippen LogP contribution is 2.39. The van der Waals surface area contributed by atoms with Crippen LogP contribution in [0.3, 0.4) is 0 Å². The summed E-state index contributed by atoms with van der Waals surface area (Å²) in [6.07, 6.45) is 0.818. The van der Waals surface area contributed by atoms with E-state index in [0.717, 1.165) is 11.3 Å². The lowest BCUT2D eigenvalue weighted by Crippen LogP contribution is -1.97. The summed E-state index contributed by atoms with van der Waals surface area (Å²) in [6.45, 7) is 1.19. The van der Waals surface area contributed by atoms with Crippen molar-refractivity contribution < 1.29 is 14.4 Å². The van der Waals surface area contributed by atoms with E-state index in [1.165, 1.54) is 17.8 Å². The van der Waals surface area contributed by atoms with Gasteiger partial charge in [-0.3, -0.25) is 10.1 Å². The monoisotopic (exact) mass is 328 g/mol. The molecule has 2 aromatic carbocycles. The third kappa shape index (κ3) is 3.38. The van der Waals surface area contributed by atoms with Crippen LogP contribution in [0.5, 0.6) is 11.5 Å². The van der Waals surface area contributed by atoms with Crippen molar-refractivity contribution >= 4 is 17.4 Å². The first-order valence-corrected chi connectivity index (χ1v) is 7.75. The zero-order chi connectivity index (χ0) is 16.2. The highest BCUT2D eigenvalue weighted by atomic mass is 32.2. The lowest BCUT2D eigenvalue weighted by Gasteiger charge is -2.09. The van der Waals surface area contributed by atoms with Gasteiger partial charge in [0.15, 0.2) is 11.5 Å². The number of nitro benzene ring substituents is 1. The number of nitro groups is 1. The van der Waals surface area contributed by atoms with Crippen LogP contribution in [-0.2, 0) is 0 Å². The van der Waals surface area contributed by atoms with Crippen molar-refractivity contribution in [3.05, 3.63) is 52.1 Å². The average molecular weight is 328 g/mol. The highest BCUT2D eigenvalue weighted by Gasteiger charge is 2.17. The molecular formula is C16H12N2O4S. The molecule has 0 radical (unpaired) electrons. The van der Waals surface area contributed by atoms with Crippen molar-refractivity contribution in [3.8, 4) is 17.6 Å². The summed E-state index contributed by atoms with van der Waals surface area (Å²) in [7, 11) is 0. The van der Waals surface area contributed by atoms with Crippen molar-refractivity contribution in [1.82, 2.24) is 0 Å². The van der Waals surface area contributed by atoms with Gasteiger partial charge in [0.1, 0.15) is 0 Å². The zero-order valence-corrected chi connectivity index (χ0v) is 12.8. The lowest BCUT2D eigenvalue weighted by molar-refractivity contribution is -0.387. The van der Waals surface area contributed by atoms with E-state index < -0.39 is 4.92 Å². The van der Waals surface area contributed by atoms with Crippen molar-refractivity contribution in [2.24, 2.45) is 0 Å². The van der Waals surface area contributed by atoms with Gasteiger partial charge in [0.25, 0.3) is 5.69 Å². The molecule has 0 spiro atoms. The number of hydrogen-bond acceptors (Lipinski definition) is 6. The van der Waals surface area contributed by atoms with E-state index in [9.17, 15) is 10.1 Å². The number of hydrogen-bond donors (Lipinski definition) is 0. The second-order valence-corrected chi connectivity index (χ2v) is 5.93. The Kier molecular flexibility index (Phi) is 4.35. The Labute approximate surface area is 136 Å². The molecule has 1 aliphatic heterocycles. The van der Waals surface area contributed by atoms with Crippen molar-refractivity contribution in [2.75, 3.05) is 13.2 Å². The molecule has 6 nitrogen and oxygen atoms in total. The minimum atomic E-state index is -0.480. The summed E-state index contributed by atoms with van der Waals surface area (Å²) in [4.78, 5) is 12.0. The Bertz CT molecular complexity index is 801. The predicted molar refractivity (Wildman–Crippen MR) is 84.0 cm³/mol. The molecule has 0 aliphatic carbocycles. The number of ether oxygens (including phenoxy) is 2. The second kappa shape index (κ2) is 6.58. The van der Waals surface area contributed by atoms with Gasteiger partial charge < -0.3 is 9.47 Å². The molecule has 1 aliphatic rings. The molecule has 116 valence electrons. The maximum absolute atomic E-state index is 11.2. The molecule has 0 aromatic heterocycles. The second-order valence-electron chi connectivity index (χ2n) is 4.81. The molecule has 0 atom stereocenters. The van der Waals surface area contributed by atoms with Crippen LogP contribution in [0.15, 0.2) is 46.2 Å². The van der Waals surface area contributed by atoms with Crippen LogP contribution in [0.1, 0.15) is 12.0 Å². The molecule has 0 unspecified atom stereocenters. The molecule has 0 amide bonds. The molecule has 7 heteroatoms. The summed E-state index contributed by atoms with van der Waals surface area (Å²) in [6, 6.07) is 11.8. The topological polar surface area (TPSA) is 85.4 Å². The fourth-order valence-electron chi connectivity index (χ4n) is 2.15. The van der Waals surface area contributed by atoms with Gasteiger partial charge in [-0.25, -0.2) is 0 Å². The molecule has 1 heterocycles. The normalized spacial score (nSPS) is 13.0. The number of rotatable bonds is 3. The fraction of sp³-hybridized carbons (Fsp3) is 0.188. The molecular weight excluding hydrogens is 316 g/mol. The van der Waals surface area contributed by atoms with Gasteiger partial charge in [-0.05, 0) is 30.3 Å². The van der Waals surface area contributed by atoms with Gasteiger partial charge in [0.2, 0.25) is 0 Å². The summed E-state index contributed by atoms with van der Waals surface area (Å²) in [5.74, 6) is 1.32. The van der Waals surface area contributed by atoms with Crippen LogP contribution in [0.25, 0.3) is 0 Å². The Morgan fingerprint density at radius 2 is 1.91 bits per heavy atom. The summed E-state index contributed by atoms with van der Waals surface area (Å²) < 4.78 is 11.2. The minimum Gasteiger partial charge on any atom is -0.490 e. The van der Waals surface area contributed by atoms with Gasteiger partial charge in [0.05, 0.1) is 34.7 Å². The van der Waals surface area contributed by atoms with Crippen LogP contribution in [0, 0.1) is 21.4 Å². The third-order valence-corrected chi connectivity index (χ3v) is 4.29. The summed E-state index contributed by atoms with van der Waals surface area (Å²) in [5.41, 5.74) is 0.181. The number of benzene rings is 2. The lowest BCUT2D eigenvalue weighted by atomic mass is 10.2. The average Bonchev–Trinajstić information content (AvgIpc) is 2.80. The van der Waals surface area contributed by atoms with Crippen LogP contribution < -0.4 is 9.47 Å². The van der Waals surface area contributed by atoms with Crippen molar-refractivity contribution in [1.29, 1.82) is 5.26 Å². The van der Waals surface area contributed by atoms with E-state index in [2.05, 4.69) is 0 Å². The molecule has 23 heavy (non-hydrogen) atoms. The maximum atomic E-state index is 11.2. The van der Waals surface area contributed by atoms with E-state index in [-0.39, 0.29) is 11.3 Å². The van der Waals surface area contributed by atoms with Crippen LogP contribution in [-0.4, -0.2) is 18.1 Å². The maximum Gasteiger partial charge on any atom is 0.284 e. The minimum absolute atomic E-state index is 0.0823. The van der Waals surface area contributed by atoms with E-state index in [0.29, 0.717) is 29.6 Å². The Balaban J connectivity index is 1.92. The van der Waals surface area contributed by atoms with E-state index in [1.807, 2.05) is 18.2 Å². The largest absolute Gasteiger partial charge is 0.490 e.